The molecule has 1 aliphatic rings. The summed E-state index contributed by atoms with van der Waals surface area (Å²) in [5.74, 6) is 1.12. The normalized spacial score (nSPS) is 15.4. The average Bonchev–Trinajstić information content (AvgIpc) is 1.77. The third kappa shape index (κ3) is 15.3. The number of fused-ring (bicyclic) bond motifs is 1. The molecule has 6 aromatic carbocycles. The first kappa shape index (κ1) is 62.5. The summed E-state index contributed by atoms with van der Waals surface area (Å²) >= 11 is 0. The molecule has 25 heteroatoms. The van der Waals surface area contributed by atoms with Gasteiger partial charge >= 0.3 is 6.09 Å². The lowest BCUT2D eigenvalue weighted by Crippen LogP contribution is -2.39. The van der Waals surface area contributed by atoms with Gasteiger partial charge in [-0.3, -0.25) is 40.2 Å². The van der Waals surface area contributed by atoms with Gasteiger partial charge in [0.05, 0.1) is 67.8 Å². The number of carbonyl (C=O) groups is 1. The van der Waals surface area contributed by atoms with Gasteiger partial charge in [0.2, 0.25) is 11.8 Å². The summed E-state index contributed by atoms with van der Waals surface area (Å²) in [7, 11) is 1.36. The third-order valence-electron chi connectivity index (χ3n) is 14.5. The van der Waals surface area contributed by atoms with E-state index in [0.717, 1.165) is 27.8 Å². The summed E-state index contributed by atoms with van der Waals surface area (Å²) in [6.07, 6.45) is -0.537. The average molecular weight is 1210 g/mol. The van der Waals surface area contributed by atoms with Gasteiger partial charge in [-0.1, -0.05) is 91.0 Å². The molecule has 1 aliphatic heterocycles. The molecule has 9 rings (SSSR count). The smallest absolute Gasteiger partial charge is 0.414 e. The number of nitro benzene ring substituents is 3. The van der Waals surface area contributed by atoms with Gasteiger partial charge in [0.25, 0.3) is 25.6 Å². The first-order chi connectivity index (χ1) is 42.0. The van der Waals surface area contributed by atoms with Crippen LogP contribution in [-0.2, 0) is 48.1 Å². The van der Waals surface area contributed by atoms with E-state index < -0.39 is 53.4 Å². The van der Waals surface area contributed by atoms with Crippen LogP contribution in [-0.4, -0.2) is 110 Å². The number of benzene rings is 6. The Kier molecular flexibility index (Phi) is 20.8. The molecule has 1 saturated heterocycles. The van der Waals surface area contributed by atoms with E-state index in [9.17, 15) is 35.1 Å². The van der Waals surface area contributed by atoms with Crippen molar-refractivity contribution in [1.29, 1.82) is 0 Å². The Balaban J connectivity index is 1.08. The molecule has 1 fully saturated rings. The fourth-order valence-corrected chi connectivity index (χ4v) is 11.9. The van der Waals surface area contributed by atoms with E-state index in [4.69, 9.17) is 47.4 Å². The number of ether oxygens (including phenoxy) is 6. The fraction of sp³-hybridized carbons (Fsp3) is 0.323. The zero-order chi connectivity index (χ0) is 61.6. The van der Waals surface area contributed by atoms with Crippen molar-refractivity contribution in [3.05, 3.63) is 222 Å². The van der Waals surface area contributed by atoms with Crippen LogP contribution in [0.15, 0.2) is 158 Å². The number of non-ortho nitro benzene ring substituents is 3. The highest BCUT2D eigenvalue weighted by atomic mass is 31.2. The van der Waals surface area contributed by atoms with E-state index >= 15 is 0 Å². The molecule has 0 bridgehead atoms. The summed E-state index contributed by atoms with van der Waals surface area (Å²) < 4.78 is 55.7. The maximum absolute atomic E-state index is 13.5. The van der Waals surface area contributed by atoms with E-state index in [1.165, 1.54) is 36.4 Å². The number of hydrogen-bond acceptors (Lipinski definition) is 19. The van der Waals surface area contributed by atoms with E-state index in [-0.39, 0.29) is 91.4 Å². The van der Waals surface area contributed by atoms with Gasteiger partial charge in [-0.05, 0) is 91.8 Å². The summed E-state index contributed by atoms with van der Waals surface area (Å²) in [4.78, 5) is 60.3. The molecule has 24 nitrogen and oxygen atoms in total. The Bertz CT molecular complexity index is 3550. The summed E-state index contributed by atoms with van der Waals surface area (Å²) in [6.45, 7) is 8.38. The standard InChI is InChI=1S/C62H66N9O15P/c1-41(2)68(42(3)4)87(84-37-34-45-16-26-51(27-17-45)71(77)78)86-54-38-56(85-55(54)39-83-62(46-10-8-7-9-11-46,47-18-28-52(79-5)29-19-47)48-20-30-53(80-6)31-21-48)67-40-63-57-58(67)64-60(65-59(57)81-35-32-43-12-22-49(23-13-43)69(73)74)66-61(72)82-36-33-44-14-24-50(25-15-44)70(75)76/h7-31,40-42,54-56H,32-39H2,1-6H3,(H,64,65,66,72)/t54-,55+,56+,87?/m0/s1. The number of carbonyl (C=O) groups excluding carboxylic acids is 1. The van der Waals surface area contributed by atoms with Crippen LogP contribution in [0, 0.1) is 30.3 Å². The molecule has 87 heavy (non-hydrogen) atoms. The van der Waals surface area contributed by atoms with E-state index in [0.29, 0.717) is 29.9 Å². The second kappa shape index (κ2) is 28.9. The van der Waals surface area contributed by atoms with E-state index in [1.807, 2.05) is 78.9 Å². The molecule has 0 aliphatic carbocycles. The molecule has 1 N–H and O–H groups in total. The number of nitrogens with one attached hydrogen (secondary N) is 1. The maximum Gasteiger partial charge on any atom is 0.414 e. The predicted molar refractivity (Wildman–Crippen MR) is 323 cm³/mol. The van der Waals surface area contributed by atoms with Gasteiger partial charge in [-0.25, -0.2) is 14.4 Å². The fourth-order valence-electron chi connectivity index (χ4n) is 10.2. The molecule has 454 valence electrons. The van der Waals surface area contributed by atoms with E-state index in [2.05, 4.69) is 42.7 Å². The second-order valence-electron chi connectivity index (χ2n) is 20.8. The Morgan fingerprint density at radius 1 is 0.678 bits per heavy atom. The van der Waals surface area contributed by atoms with Gasteiger partial charge < -0.3 is 37.5 Å². The first-order valence-electron chi connectivity index (χ1n) is 28.1. The van der Waals surface area contributed by atoms with Crippen LogP contribution in [0.4, 0.5) is 27.8 Å². The zero-order valence-electron chi connectivity index (χ0n) is 48.7. The minimum atomic E-state index is -1.85. The molecule has 4 atom stereocenters. The molecule has 3 heterocycles. The van der Waals surface area contributed by atoms with Crippen molar-refractivity contribution in [2.45, 2.75) is 89.5 Å². The lowest BCUT2D eigenvalue weighted by atomic mass is 9.80. The number of hydrogen-bond donors (Lipinski definition) is 1. The van der Waals surface area contributed by atoms with Crippen molar-refractivity contribution in [2.24, 2.45) is 0 Å². The summed E-state index contributed by atoms with van der Waals surface area (Å²) in [6, 6.07) is 43.5. The van der Waals surface area contributed by atoms with Crippen molar-refractivity contribution >= 4 is 48.8 Å². The van der Waals surface area contributed by atoms with Crippen LogP contribution in [0.25, 0.3) is 11.2 Å². The Morgan fingerprint density at radius 3 is 1.67 bits per heavy atom. The Morgan fingerprint density at radius 2 is 1.17 bits per heavy atom. The number of rotatable bonds is 29. The predicted octanol–water partition coefficient (Wildman–Crippen LogP) is 12.3. The van der Waals surface area contributed by atoms with Crippen molar-refractivity contribution < 1.29 is 57.0 Å². The van der Waals surface area contributed by atoms with Gasteiger partial charge in [0, 0.05) is 67.7 Å². The van der Waals surface area contributed by atoms with Gasteiger partial charge in [0.15, 0.2) is 11.2 Å². The van der Waals surface area contributed by atoms with Crippen LogP contribution in [0.5, 0.6) is 17.4 Å². The molecule has 0 saturated carbocycles. The SMILES string of the molecule is COc1ccc(C(OC[C@H]2O[C@@H](n3cnc4c(OCCc5ccc([N+](=O)[O-])cc5)nc(NC(=O)OCCc5ccc([N+](=O)[O-])cc5)nc43)C[C@@H]2OP(OCCc2ccc([N+](=O)[O-])cc2)N(C(C)C)C(C)C)(c2ccccc2)c2ccc(OC)cc2)cc1. The summed E-state index contributed by atoms with van der Waals surface area (Å²) in [5.41, 5.74) is 3.74. The lowest BCUT2D eigenvalue weighted by Gasteiger charge is -2.39. The molecule has 1 amide bonds. The number of methoxy groups -OCH3 is 2. The molecule has 0 spiro atoms. The van der Waals surface area contributed by atoms with Crippen LogP contribution in [0.2, 0.25) is 0 Å². The van der Waals surface area contributed by atoms with Crippen molar-refractivity contribution in [3.8, 4) is 17.4 Å². The highest BCUT2D eigenvalue weighted by Crippen LogP contribution is 2.51. The summed E-state index contributed by atoms with van der Waals surface area (Å²) in [5, 5.41) is 36.7. The quantitative estimate of drug-likeness (QED) is 0.0197. The monoisotopic (exact) mass is 1210 g/mol. The van der Waals surface area contributed by atoms with Crippen molar-refractivity contribution in [3.63, 3.8) is 0 Å². The zero-order valence-corrected chi connectivity index (χ0v) is 49.6. The Labute approximate surface area is 502 Å². The van der Waals surface area contributed by atoms with Crippen LogP contribution in [0.1, 0.15) is 73.7 Å². The number of imidazole rings is 1. The van der Waals surface area contributed by atoms with Gasteiger partial charge in [0.1, 0.15) is 29.4 Å². The minimum Gasteiger partial charge on any atom is -0.497 e. The number of aromatic nitrogens is 4. The molecule has 8 aromatic rings. The molecule has 2 aromatic heterocycles. The van der Waals surface area contributed by atoms with E-state index in [1.54, 1.807) is 61.5 Å². The van der Waals surface area contributed by atoms with Crippen LogP contribution < -0.4 is 19.5 Å². The number of amides is 1. The molecule has 1 unspecified atom stereocenters. The molecule has 0 radical (unpaired) electrons. The third-order valence-corrected chi connectivity index (χ3v) is 16.6. The van der Waals surface area contributed by atoms with Gasteiger partial charge in [-0.15, -0.1) is 0 Å². The van der Waals surface area contributed by atoms with Gasteiger partial charge in [-0.2, -0.15) is 9.97 Å². The lowest BCUT2D eigenvalue weighted by molar-refractivity contribution is -0.385. The largest absolute Gasteiger partial charge is 0.497 e. The minimum absolute atomic E-state index is 0.00796. The molecular weight excluding hydrogens is 1140 g/mol. The van der Waals surface area contributed by atoms with Crippen LogP contribution >= 0.6 is 8.53 Å². The maximum atomic E-state index is 13.5. The first-order valence-corrected chi connectivity index (χ1v) is 29.2. The van der Waals surface area contributed by atoms with Crippen LogP contribution in [0.3, 0.4) is 0 Å². The highest BCUT2D eigenvalue weighted by molar-refractivity contribution is 7.44. The van der Waals surface area contributed by atoms with Crippen molar-refractivity contribution in [1.82, 2.24) is 24.2 Å². The number of nitro groups is 3. The Hall–Kier alpha value is -9.03. The number of nitrogens with zero attached hydrogens (tertiary/aromatic N) is 8. The van der Waals surface area contributed by atoms with Crippen molar-refractivity contribution in [2.75, 3.05) is 46.0 Å². The number of anilines is 1. The topological polar surface area (TPSA) is 279 Å². The molecular formula is C62H66N9O15P. The second-order valence-corrected chi connectivity index (χ2v) is 22.2. The highest BCUT2D eigenvalue weighted by Gasteiger charge is 2.45.